The molecule has 1 aliphatic rings. The lowest BCUT2D eigenvalue weighted by Gasteiger charge is -2.12. The number of anilines is 1. The second-order valence-corrected chi connectivity index (χ2v) is 5.40. The number of carbonyl (C=O) groups is 1. The first-order valence-corrected chi connectivity index (χ1v) is 7.50. The molecule has 6 nitrogen and oxygen atoms in total. The fraction of sp³-hybridized carbons (Fsp3) is 0.375. The van der Waals surface area contributed by atoms with Crippen LogP contribution in [-0.2, 0) is 4.74 Å². The number of ether oxygens (including phenoxy) is 1. The van der Waals surface area contributed by atoms with E-state index in [1.165, 1.54) is 0 Å². The van der Waals surface area contributed by atoms with Crippen LogP contribution in [0.2, 0.25) is 0 Å². The van der Waals surface area contributed by atoms with Crippen molar-refractivity contribution in [2.45, 2.75) is 25.9 Å². The molecule has 0 saturated carbocycles. The van der Waals surface area contributed by atoms with E-state index >= 15 is 0 Å². The van der Waals surface area contributed by atoms with Crippen molar-refractivity contribution in [3.63, 3.8) is 0 Å². The van der Waals surface area contributed by atoms with Crippen LogP contribution in [0, 0.1) is 6.92 Å². The van der Waals surface area contributed by atoms with Crippen LogP contribution in [0.15, 0.2) is 36.5 Å². The number of nitrogens with one attached hydrogen (secondary N) is 2. The Bertz CT molecular complexity index is 647. The van der Waals surface area contributed by atoms with Crippen molar-refractivity contribution in [3.8, 4) is 5.69 Å². The maximum absolute atomic E-state index is 11.9. The summed E-state index contributed by atoms with van der Waals surface area (Å²) >= 11 is 0. The number of hydrogen-bond acceptors (Lipinski definition) is 3. The van der Waals surface area contributed by atoms with E-state index < -0.39 is 0 Å². The van der Waals surface area contributed by atoms with Crippen molar-refractivity contribution in [3.05, 3.63) is 42.2 Å². The number of amides is 2. The highest BCUT2D eigenvalue weighted by Crippen LogP contribution is 2.16. The maximum atomic E-state index is 11.9. The molecule has 1 aliphatic heterocycles. The van der Waals surface area contributed by atoms with E-state index in [9.17, 15) is 4.79 Å². The Hall–Kier alpha value is -2.34. The topological polar surface area (TPSA) is 68.2 Å². The molecular formula is C16H20N4O2. The van der Waals surface area contributed by atoms with Gasteiger partial charge in [-0.05, 0) is 44.0 Å². The Morgan fingerprint density at radius 3 is 3.09 bits per heavy atom. The summed E-state index contributed by atoms with van der Waals surface area (Å²) in [5, 5.41) is 9.95. The van der Waals surface area contributed by atoms with Crippen LogP contribution in [0.4, 0.5) is 10.5 Å². The van der Waals surface area contributed by atoms with Gasteiger partial charge in [-0.1, -0.05) is 6.07 Å². The average molecular weight is 300 g/mol. The minimum absolute atomic E-state index is 0.142. The molecule has 2 heterocycles. The Morgan fingerprint density at radius 1 is 1.45 bits per heavy atom. The van der Waals surface area contributed by atoms with Gasteiger partial charge in [0.05, 0.1) is 11.8 Å². The number of hydrogen-bond donors (Lipinski definition) is 2. The van der Waals surface area contributed by atoms with E-state index in [4.69, 9.17) is 4.74 Å². The van der Waals surface area contributed by atoms with Crippen molar-refractivity contribution < 1.29 is 9.53 Å². The second-order valence-electron chi connectivity index (χ2n) is 5.40. The van der Waals surface area contributed by atoms with Crippen LogP contribution in [0.5, 0.6) is 0 Å². The minimum atomic E-state index is -0.218. The van der Waals surface area contributed by atoms with Gasteiger partial charge in [0, 0.05) is 30.7 Å². The van der Waals surface area contributed by atoms with Gasteiger partial charge in [-0.2, -0.15) is 5.10 Å². The number of urea groups is 1. The third-order valence-corrected chi connectivity index (χ3v) is 3.69. The van der Waals surface area contributed by atoms with Crippen LogP contribution in [-0.4, -0.2) is 35.1 Å². The molecular weight excluding hydrogens is 280 g/mol. The predicted octanol–water partition coefficient (Wildman–Crippen LogP) is 2.48. The molecule has 0 aliphatic carbocycles. The van der Waals surface area contributed by atoms with Crippen molar-refractivity contribution in [1.29, 1.82) is 0 Å². The fourth-order valence-corrected chi connectivity index (χ4v) is 2.54. The van der Waals surface area contributed by atoms with Gasteiger partial charge in [0.25, 0.3) is 0 Å². The molecule has 6 heteroatoms. The fourth-order valence-electron chi connectivity index (χ4n) is 2.54. The molecule has 1 atom stereocenters. The third kappa shape index (κ3) is 3.46. The maximum Gasteiger partial charge on any atom is 0.319 e. The smallest absolute Gasteiger partial charge is 0.319 e. The standard InChI is InChI=1S/C16H20N4O2/c1-12-7-8-18-20(12)14-5-2-4-13(10-14)19-16(21)17-11-15-6-3-9-22-15/h2,4-5,7-8,10,15H,3,6,9,11H2,1H3,(H2,17,19,21). The zero-order valence-corrected chi connectivity index (χ0v) is 12.6. The highest BCUT2D eigenvalue weighted by atomic mass is 16.5. The SMILES string of the molecule is Cc1ccnn1-c1cccc(NC(=O)NCC2CCCO2)c1. The highest BCUT2D eigenvalue weighted by Gasteiger charge is 2.16. The summed E-state index contributed by atoms with van der Waals surface area (Å²) in [4.78, 5) is 11.9. The molecule has 1 fully saturated rings. The monoisotopic (exact) mass is 300 g/mol. The molecule has 0 spiro atoms. The van der Waals surface area contributed by atoms with Gasteiger partial charge in [0.15, 0.2) is 0 Å². The Morgan fingerprint density at radius 2 is 2.36 bits per heavy atom. The van der Waals surface area contributed by atoms with E-state index in [-0.39, 0.29) is 12.1 Å². The molecule has 0 bridgehead atoms. The lowest BCUT2D eigenvalue weighted by Crippen LogP contribution is -2.35. The molecule has 1 unspecified atom stereocenters. The summed E-state index contributed by atoms with van der Waals surface area (Å²) in [6, 6.07) is 9.32. The number of nitrogens with zero attached hydrogens (tertiary/aromatic N) is 2. The normalized spacial score (nSPS) is 17.4. The van der Waals surface area contributed by atoms with Crippen molar-refractivity contribution >= 4 is 11.7 Å². The van der Waals surface area contributed by atoms with Crippen molar-refractivity contribution in [2.75, 3.05) is 18.5 Å². The minimum Gasteiger partial charge on any atom is -0.376 e. The zero-order chi connectivity index (χ0) is 15.4. The summed E-state index contributed by atoms with van der Waals surface area (Å²) in [5.74, 6) is 0. The molecule has 1 aromatic heterocycles. The van der Waals surface area contributed by atoms with Gasteiger partial charge in [-0.25, -0.2) is 9.48 Å². The van der Waals surface area contributed by atoms with Gasteiger partial charge >= 0.3 is 6.03 Å². The van der Waals surface area contributed by atoms with E-state index in [2.05, 4.69) is 15.7 Å². The summed E-state index contributed by atoms with van der Waals surface area (Å²) in [6.07, 6.45) is 3.97. The first kappa shape index (κ1) is 14.6. The molecule has 2 amide bonds. The lowest BCUT2D eigenvalue weighted by atomic mass is 10.2. The predicted molar refractivity (Wildman–Crippen MR) is 84.3 cm³/mol. The number of aryl methyl sites for hydroxylation is 1. The average Bonchev–Trinajstić information content (AvgIpc) is 3.16. The molecule has 1 saturated heterocycles. The quantitative estimate of drug-likeness (QED) is 0.911. The summed E-state index contributed by atoms with van der Waals surface area (Å²) in [6.45, 7) is 3.32. The first-order chi connectivity index (χ1) is 10.7. The van der Waals surface area contributed by atoms with E-state index in [0.717, 1.165) is 36.5 Å². The Labute approximate surface area is 129 Å². The number of aromatic nitrogens is 2. The van der Waals surface area contributed by atoms with Crippen LogP contribution < -0.4 is 10.6 Å². The zero-order valence-electron chi connectivity index (χ0n) is 12.6. The highest BCUT2D eigenvalue weighted by molar-refractivity contribution is 5.89. The Kier molecular flexibility index (Phi) is 4.39. The van der Waals surface area contributed by atoms with Crippen LogP contribution in [0.3, 0.4) is 0 Å². The van der Waals surface area contributed by atoms with Crippen LogP contribution in [0.25, 0.3) is 5.69 Å². The van der Waals surface area contributed by atoms with Crippen LogP contribution in [0.1, 0.15) is 18.5 Å². The number of rotatable bonds is 4. The summed E-state index contributed by atoms with van der Waals surface area (Å²) in [5.41, 5.74) is 2.69. The van der Waals surface area contributed by atoms with Crippen molar-refractivity contribution in [2.24, 2.45) is 0 Å². The molecule has 0 radical (unpaired) electrons. The largest absolute Gasteiger partial charge is 0.376 e. The number of carbonyl (C=O) groups excluding carboxylic acids is 1. The lowest BCUT2D eigenvalue weighted by molar-refractivity contribution is 0.112. The molecule has 2 aromatic rings. The summed E-state index contributed by atoms with van der Waals surface area (Å²) in [7, 11) is 0. The second kappa shape index (κ2) is 6.62. The van der Waals surface area contributed by atoms with Gasteiger partial charge in [-0.3, -0.25) is 0 Å². The van der Waals surface area contributed by atoms with E-state index in [0.29, 0.717) is 6.54 Å². The number of benzene rings is 1. The molecule has 1 aromatic carbocycles. The third-order valence-electron chi connectivity index (χ3n) is 3.69. The molecule has 22 heavy (non-hydrogen) atoms. The van der Waals surface area contributed by atoms with Gasteiger partial charge in [0.2, 0.25) is 0 Å². The van der Waals surface area contributed by atoms with E-state index in [1.54, 1.807) is 6.20 Å². The van der Waals surface area contributed by atoms with Gasteiger partial charge in [-0.15, -0.1) is 0 Å². The van der Waals surface area contributed by atoms with Crippen molar-refractivity contribution in [1.82, 2.24) is 15.1 Å². The molecule has 3 rings (SSSR count). The first-order valence-electron chi connectivity index (χ1n) is 7.50. The van der Waals surface area contributed by atoms with Gasteiger partial charge in [0.1, 0.15) is 0 Å². The van der Waals surface area contributed by atoms with E-state index in [1.807, 2.05) is 41.9 Å². The summed E-state index contributed by atoms with van der Waals surface area (Å²) < 4.78 is 7.31. The molecule has 116 valence electrons. The Balaban J connectivity index is 1.60. The van der Waals surface area contributed by atoms with Crippen LogP contribution >= 0.6 is 0 Å². The molecule has 2 N–H and O–H groups in total. The van der Waals surface area contributed by atoms with Gasteiger partial charge < -0.3 is 15.4 Å².